The molecule has 0 fully saturated rings. The van der Waals surface area contributed by atoms with Crippen molar-refractivity contribution in [1.29, 1.82) is 0 Å². The van der Waals surface area contributed by atoms with Crippen LogP contribution in [0.2, 0.25) is 0 Å². The van der Waals surface area contributed by atoms with Crippen molar-refractivity contribution in [2.75, 3.05) is 23.8 Å². The predicted octanol–water partition coefficient (Wildman–Crippen LogP) is 2.84. The van der Waals surface area contributed by atoms with Gasteiger partial charge in [0.2, 0.25) is 0 Å². The second-order valence-corrected chi connectivity index (χ2v) is 8.23. The van der Waals surface area contributed by atoms with Crippen molar-refractivity contribution in [1.82, 2.24) is 29.7 Å². The van der Waals surface area contributed by atoms with Gasteiger partial charge in [0.15, 0.2) is 0 Å². The van der Waals surface area contributed by atoms with Gasteiger partial charge in [0.05, 0.1) is 46.1 Å². The number of aromatic amines is 2. The first-order valence-electron chi connectivity index (χ1n) is 10.1. The maximum atomic E-state index is 13.2. The Kier molecular flexibility index (Phi) is 5.11. The number of pyridine rings is 1. The third-order valence-corrected chi connectivity index (χ3v) is 5.81. The first-order chi connectivity index (χ1) is 15.5. The summed E-state index contributed by atoms with van der Waals surface area (Å²) in [4.78, 5) is 28.4. The van der Waals surface area contributed by atoms with E-state index in [9.17, 15) is 4.79 Å². The van der Waals surface area contributed by atoms with E-state index >= 15 is 0 Å². The van der Waals surface area contributed by atoms with Gasteiger partial charge in [0.1, 0.15) is 16.9 Å². The smallest absolute Gasteiger partial charge is 0.261 e. The Morgan fingerprint density at radius 3 is 2.94 bits per heavy atom. The van der Waals surface area contributed by atoms with Crippen LogP contribution in [0, 0.1) is 0 Å². The van der Waals surface area contributed by atoms with Crippen molar-refractivity contribution in [3.05, 3.63) is 51.3 Å². The summed E-state index contributed by atoms with van der Waals surface area (Å²) in [6.45, 7) is 2.48. The van der Waals surface area contributed by atoms with Crippen LogP contribution in [0.1, 0.15) is 18.7 Å². The van der Waals surface area contributed by atoms with Crippen LogP contribution in [-0.4, -0.2) is 48.0 Å². The summed E-state index contributed by atoms with van der Waals surface area (Å²) < 4.78 is 1.67. The molecule has 0 spiro atoms. The van der Waals surface area contributed by atoms with Crippen LogP contribution in [0.4, 0.5) is 11.4 Å². The monoisotopic (exact) mass is 450 g/mol. The highest BCUT2D eigenvalue weighted by Gasteiger charge is 2.22. The number of anilines is 2. The fourth-order valence-electron chi connectivity index (χ4n) is 3.71. The molecule has 0 aliphatic heterocycles. The largest absolute Gasteiger partial charge is 0.395 e. The predicted molar refractivity (Wildman–Crippen MR) is 126 cm³/mol. The number of benzene rings is 1. The molecule has 0 radical (unpaired) electrons. The minimum Gasteiger partial charge on any atom is -0.395 e. The summed E-state index contributed by atoms with van der Waals surface area (Å²) >= 11 is 1.52. The Morgan fingerprint density at radius 1 is 1.28 bits per heavy atom. The molecule has 11 heteroatoms. The van der Waals surface area contributed by atoms with Crippen LogP contribution >= 0.6 is 11.3 Å². The zero-order chi connectivity index (χ0) is 22.2. The zero-order valence-corrected chi connectivity index (χ0v) is 18.3. The van der Waals surface area contributed by atoms with Gasteiger partial charge in [-0.25, -0.2) is 9.97 Å². The molecule has 0 saturated heterocycles. The summed E-state index contributed by atoms with van der Waals surface area (Å²) in [5.74, 6) is 0.445. The van der Waals surface area contributed by atoms with Crippen molar-refractivity contribution >= 4 is 44.8 Å². The normalized spacial score (nSPS) is 12.5. The molecule has 0 aliphatic rings. The minimum absolute atomic E-state index is 0.0396. The highest BCUT2D eigenvalue weighted by molar-refractivity contribution is 7.07. The number of nitrogens with zero attached hydrogens (tertiary/aromatic N) is 4. The second kappa shape index (κ2) is 8.09. The molecule has 5 aromatic rings. The zero-order valence-electron chi connectivity index (χ0n) is 17.5. The lowest BCUT2D eigenvalue weighted by molar-refractivity contribution is 0.311. The second-order valence-electron chi connectivity index (χ2n) is 7.52. The van der Waals surface area contributed by atoms with Crippen molar-refractivity contribution < 1.29 is 5.11 Å². The number of aliphatic hydroxyl groups is 1. The summed E-state index contributed by atoms with van der Waals surface area (Å²) in [5, 5.41) is 22.2. The first-order valence-corrected chi connectivity index (χ1v) is 11.1. The SMILES string of the molecule is C[C@@H](Nc1c(-c2nc3ccc(NCCO)cc3[nH]2)c(=O)[nH]c2cn(C)nc12)c1cscn1. The summed E-state index contributed by atoms with van der Waals surface area (Å²) in [6.07, 6.45) is 1.77. The van der Waals surface area contributed by atoms with E-state index in [1.807, 2.05) is 37.6 Å². The van der Waals surface area contributed by atoms with Gasteiger partial charge in [-0.05, 0) is 25.1 Å². The van der Waals surface area contributed by atoms with Crippen LogP contribution in [0.3, 0.4) is 0 Å². The van der Waals surface area contributed by atoms with Crippen molar-refractivity contribution in [2.45, 2.75) is 13.0 Å². The van der Waals surface area contributed by atoms with Gasteiger partial charge >= 0.3 is 0 Å². The molecule has 1 aromatic carbocycles. The van der Waals surface area contributed by atoms with Gasteiger partial charge in [-0.1, -0.05) is 0 Å². The number of hydrogen-bond acceptors (Lipinski definition) is 8. The average Bonchev–Trinajstić information content (AvgIpc) is 3.50. The van der Waals surface area contributed by atoms with Crippen molar-refractivity contribution in [2.24, 2.45) is 7.05 Å². The quantitative estimate of drug-likeness (QED) is 0.257. The maximum Gasteiger partial charge on any atom is 0.261 e. The summed E-state index contributed by atoms with van der Waals surface area (Å²) in [7, 11) is 1.81. The van der Waals surface area contributed by atoms with E-state index in [0.29, 0.717) is 34.7 Å². The lowest BCUT2D eigenvalue weighted by atomic mass is 10.1. The number of aliphatic hydroxyl groups excluding tert-OH is 1. The first kappa shape index (κ1) is 20.2. The Labute approximate surface area is 186 Å². The van der Waals surface area contributed by atoms with Crippen LogP contribution < -0.4 is 16.2 Å². The van der Waals surface area contributed by atoms with E-state index < -0.39 is 0 Å². The Morgan fingerprint density at radius 2 is 2.16 bits per heavy atom. The fourth-order valence-corrected chi connectivity index (χ4v) is 4.36. The van der Waals surface area contributed by atoms with Gasteiger partial charge in [-0.15, -0.1) is 11.3 Å². The lowest BCUT2D eigenvalue weighted by Gasteiger charge is -2.16. The van der Waals surface area contributed by atoms with E-state index in [-0.39, 0.29) is 18.2 Å². The molecule has 0 unspecified atom stereocenters. The maximum absolute atomic E-state index is 13.2. The number of rotatable bonds is 7. The number of aromatic nitrogens is 6. The van der Waals surface area contributed by atoms with E-state index in [1.54, 1.807) is 16.4 Å². The minimum atomic E-state index is -0.267. The Bertz CT molecular complexity index is 1450. The Balaban J connectivity index is 1.66. The van der Waals surface area contributed by atoms with E-state index in [2.05, 4.69) is 35.7 Å². The van der Waals surface area contributed by atoms with Gasteiger partial charge in [-0.3, -0.25) is 9.48 Å². The molecule has 0 bridgehead atoms. The highest BCUT2D eigenvalue weighted by Crippen LogP contribution is 2.33. The molecule has 10 nitrogen and oxygen atoms in total. The third kappa shape index (κ3) is 3.61. The van der Waals surface area contributed by atoms with Gasteiger partial charge in [0, 0.05) is 30.9 Å². The van der Waals surface area contributed by atoms with Crippen LogP contribution in [0.5, 0.6) is 0 Å². The van der Waals surface area contributed by atoms with Crippen LogP contribution in [-0.2, 0) is 7.05 Å². The molecule has 32 heavy (non-hydrogen) atoms. The van der Waals surface area contributed by atoms with Crippen molar-refractivity contribution in [3.8, 4) is 11.4 Å². The van der Waals surface area contributed by atoms with E-state index in [0.717, 1.165) is 22.4 Å². The van der Waals surface area contributed by atoms with Crippen LogP contribution in [0.15, 0.2) is 40.1 Å². The number of fused-ring (bicyclic) bond motifs is 2. The van der Waals surface area contributed by atoms with E-state index in [1.165, 1.54) is 11.3 Å². The lowest BCUT2D eigenvalue weighted by Crippen LogP contribution is -2.16. The number of hydrogen-bond donors (Lipinski definition) is 5. The van der Waals surface area contributed by atoms with Gasteiger partial charge < -0.3 is 25.7 Å². The molecule has 4 heterocycles. The third-order valence-electron chi connectivity index (χ3n) is 5.21. The number of H-pyrrole nitrogens is 2. The Hall–Kier alpha value is -3.70. The standard InChI is InChI=1S/C21H22N8O2S/c1-11(16-9-32-10-23-16)24-19-17(21(31)27-15-8-29(2)28-18(15)19)20-25-13-4-3-12(22-5-6-30)7-14(13)26-20/h3-4,7-11,22,24,30H,5-6H2,1-2H3,(H,25,26)(H,27,31)/t11-/m1/s1. The molecule has 1 atom stereocenters. The molecule has 5 rings (SSSR count). The van der Waals surface area contributed by atoms with Crippen molar-refractivity contribution in [3.63, 3.8) is 0 Å². The van der Waals surface area contributed by atoms with Gasteiger partial charge in [0.25, 0.3) is 5.56 Å². The molecule has 0 amide bonds. The van der Waals surface area contributed by atoms with E-state index in [4.69, 9.17) is 5.11 Å². The molecule has 0 aliphatic carbocycles. The molecule has 5 N–H and O–H groups in total. The number of thiazole rings is 1. The molecule has 164 valence electrons. The average molecular weight is 451 g/mol. The molecular formula is C21H22N8O2S. The fraction of sp³-hybridized carbons (Fsp3) is 0.238. The number of imidazole rings is 1. The van der Waals surface area contributed by atoms with Crippen LogP contribution in [0.25, 0.3) is 33.5 Å². The van der Waals surface area contributed by atoms with Gasteiger partial charge in [-0.2, -0.15) is 5.10 Å². The molecular weight excluding hydrogens is 428 g/mol. The molecule has 4 aromatic heterocycles. The number of nitrogens with one attached hydrogen (secondary N) is 4. The summed E-state index contributed by atoms with van der Waals surface area (Å²) in [5.41, 5.74) is 7.04. The topological polar surface area (TPSA) is 137 Å². The highest BCUT2D eigenvalue weighted by atomic mass is 32.1. The molecule has 0 saturated carbocycles. The summed E-state index contributed by atoms with van der Waals surface area (Å²) in [6, 6.07) is 5.52. The number of aryl methyl sites for hydroxylation is 1.